The number of aromatic nitrogens is 25. The van der Waals surface area contributed by atoms with E-state index in [1.54, 1.807) is 0 Å². The highest BCUT2D eigenvalue weighted by atomic mass is 16.5. The first-order valence-corrected chi connectivity index (χ1v) is 51.1. The van der Waals surface area contributed by atoms with Crippen LogP contribution in [0, 0.1) is 34.6 Å². The van der Waals surface area contributed by atoms with Crippen LogP contribution in [0.1, 0.15) is 176 Å². The van der Waals surface area contributed by atoms with E-state index in [0.29, 0.717) is 17.8 Å². The van der Waals surface area contributed by atoms with Crippen molar-refractivity contribution in [3.05, 3.63) is 176 Å². The summed E-state index contributed by atoms with van der Waals surface area (Å²) in [6.07, 6.45) is 43.8. The first-order valence-electron chi connectivity index (χ1n) is 51.1. The van der Waals surface area contributed by atoms with Gasteiger partial charge in [-0.3, -0.25) is 51.0 Å². The average molecular weight is 1880 g/mol. The summed E-state index contributed by atoms with van der Waals surface area (Å²) in [6, 6.07) is 11.8. The van der Waals surface area contributed by atoms with Gasteiger partial charge in [0.25, 0.3) is 0 Å². The Morgan fingerprint density at radius 1 is 0.277 bits per heavy atom. The second-order valence-corrected chi connectivity index (χ2v) is 40.6. The number of fused-ring (bicyclic) bond motifs is 25. The quantitative estimate of drug-likeness (QED) is 0.0597. The average Bonchev–Trinajstić information content (AvgIpc) is 1.74. The number of H-pyrrole nitrogens is 10. The third-order valence-corrected chi connectivity index (χ3v) is 31.6. The van der Waals surface area contributed by atoms with E-state index in [1.165, 1.54) is 197 Å². The van der Waals surface area contributed by atoms with E-state index in [9.17, 15) is 0 Å². The SMILES string of the molecule is Cc1[nH]ncc1-c1nc2c(N)cc3[nH]ncc3c2c2c1CCCC2.Cc1[nH]ncc1-c1nc2c(N3CCC3)cc3[nH]ncc3c2c2c1CCCC2.Cc1[nH]ncc1-c1nc2c(N3CCN[C@@H](C)C3)cc3[nH]ncc3c2c2c1CCCC2.Cc1[nH]ncc1-c1nc2c(N3CCN[C@H](C)C3)cc3[nH]ncc3c2c2c1CCCC2.Cc1[nH]ncc1-c1nc2c(N3CCO[C@@H](C)C3)cc3[nH]ncc3c2c2c1CCCC2. The Morgan fingerprint density at radius 2 is 0.532 bits per heavy atom. The summed E-state index contributed by atoms with van der Waals surface area (Å²) in [4.78, 5) is 36.2. The normalized spacial score (nSPS) is 18.1. The van der Waals surface area contributed by atoms with Crippen LogP contribution < -0.4 is 36.0 Å². The number of ether oxygens (including phenoxy) is 1. The summed E-state index contributed by atoms with van der Waals surface area (Å²) in [5, 5.41) is 93.7. The van der Waals surface area contributed by atoms with Crippen molar-refractivity contribution in [3.8, 4) is 56.3 Å². The smallest absolute Gasteiger partial charge is 0.0954 e. The molecule has 14 N–H and O–H groups in total. The van der Waals surface area contributed by atoms with Gasteiger partial charge in [-0.25, -0.2) is 24.9 Å². The number of aryl methyl sites for hydroxylation is 10. The van der Waals surface area contributed by atoms with E-state index >= 15 is 0 Å². The number of benzene rings is 5. The Labute approximate surface area is 813 Å². The summed E-state index contributed by atoms with van der Waals surface area (Å²) in [6.45, 7) is 27.6. The molecule has 0 bridgehead atoms. The first-order chi connectivity index (χ1) is 69.2. The topological polar surface area (TPSA) is 424 Å². The van der Waals surface area contributed by atoms with Crippen molar-refractivity contribution in [3.63, 3.8) is 0 Å². The zero-order valence-corrected chi connectivity index (χ0v) is 81.5. The highest BCUT2D eigenvalue weighted by Gasteiger charge is 2.35. The number of rotatable bonds is 9. The van der Waals surface area contributed by atoms with Crippen LogP contribution in [0.25, 0.3) is 165 Å². The second kappa shape index (κ2) is 36.3. The number of nitrogens with one attached hydrogen (secondary N) is 12. The minimum Gasteiger partial charge on any atom is -0.397 e. The van der Waals surface area contributed by atoms with Crippen molar-refractivity contribution in [2.24, 2.45) is 0 Å². The Hall–Kier alpha value is -14.6. The van der Waals surface area contributed by atoms with Crippen LogP contribution in [0.15, 0.2) is 92.3 Å². The fraction of sp³-hybridized carbons (Fsp3) is 0.398. The molecule has 3 atom stereocenters. The Kier molecular flexibility index (Phi) is 22.6. The number of nitrogen functional groups attached to an aromatic ring is 1. The van der Waals surface area contributed by atoms with Gasteiger partial charge in [0.05, 0.1) is 187 Å². The number of piperazine rings is 2. The van der Waals surface area contributed by atoms with Gasteiger partial charge in [-0.2, -0.15) is 51.0 Å². The van der Waals surface area contributed by atoms with Gasteiger partial charge in [0, 0.05) is 188 Å². The molecule has 20 aromatic rings. The molecule has 29 rings (SSSR count). The van der Waals surface area contributed by atoms with Crippen molar-refractivity contribution in [2.45, 2.75) is 208 Å². The van der Waals surface area contributed by atoms with Gasteiger partial charge in [0.2, 0.25) is 0 Å². The van der Waals surface area contributed by atoms with Gasteiger partial charge in [0.1, 0.15) is 0 Å². The molecule has 0 unspecified atom stereocenters. The molecular formula is C108H120N32O. The maximum absolute atomic E-state index is 6.34. The maximum Gasteiger partial charge on any atom is 0.0954 e. The van der Waals surface area contributed by atoms with Crippen LogP contribution >= 0.6 is 0 Å². The monoisotopic (exact) mass is 1880 g/mol. The molecule has 33 nitrogen and oxygen atoms in total. The van der Waals surface area contributed by atoms with Crippen molar-refractivity contribution < 1.29 is 4.74 Å². The van der Waals surface area contributed by atoms with Gasteiger partial charge in [0.15, 0.2) is 0 Å². The standard InChI is InChI=1S/2C23H27N7.C23H26N6O.C21H22N6.C18H18N6/c2*1-13-12-30(8-7-24-13)20-9-19-18(11-26-29-19)21-15-5-3-4-6-16(15)22(27-23(20)21)17-10-25-28-14(17)2;1-13-12-29(7-8-30-13)20-9-19-18(11-25-28-19)21-15-5-3-4-6-16(15)22(26-23(20)21)17-10-24-27-14(17)2;1-12-15(10-22-25-12)20-14-6-3-2-5-13(14)19-16-11-23-26-17(16)9-18(21(19)24-20)27-7-4-8-27;1-9-12(7-20-23-9)17-11-5-3-2-4-10(11)16-13-8-21-24-15(13)6-14(19)18(16)22-17/h2*9-11,13,24H,3-8,12H2,1-2H3,(H,25,28)(H,26,29);9-11,13H,3-8,12H2,1-2H3,(H,24,27)(H,25,28);9-11H,2-8H2,1H3,(H,22,25)(H,23,26);6-8H,2-5,19H2,1H3,(H,20,23)(H,21,24)/t3*13-;;/m100../s1. The lowest BCUT2D eigenvalue weighted by Gasteiger charge is -2.34. The third kappa shape index (κ3) is 15.4. The van der Waals surface area contributed by atoms with Crippen LogP contribution in [-0.2, 0) is 68.9 Å². The number of morpholine rings is 1. The third-order valence-electron chi connectivity index (χ3n) is 31.6. The van der Waals surface area contributed by atoms with Gasteiger partial charge in [-0.05, 0) is 276 Å². The number of nitrogens with two attached hydrogens (primary N) is 1. The summed E-state index contributed by atoms with van der Waals surface area (Å²) in [5.74, 6) is 0. The predicted molar refractivity (Wildman–Crippen MR) is 560 cm³/mol. The molecule has 4 aliphatic heterocycles. The number of hydrogen-bond acceptors (Lipinski definition) is 23. The van der Waals surface area contributed by atoms with Crippen molar-refractivity contribution >= 4 is 137 Å². The molecule has 5 aliphatic carbocycles. The number of aromatic amines is 10. The van der Waals surface area contributed by atoms with E-state index in [2.05, 4.69) is 205 Å². The summed E-state index contributed by atoms with van der Waals surface area (Å²) >= 11 is 0. The molecule has 0 saturated carbocycles. The van der Waals surface area contributed by atoms with Crippen LogP contribution in [0.4, 0.5) is 28.4 Å². The molecular weight excluding hydrogens is 1760 g/mol. The summed E-state index contributed by atoms with van der Waals surface area (Å²) in [7, 11) is 0. The highest BCUT2D eigenvalue weighted by molar-refractivity contribution is 6.18. The van der Waals surface area contributed by atoms with E-state index < -0.39 is 0 Å². The fourth-order valence-corrected chi connectivity index (χ4v) is 24.5. The zero-order chi connectivity index (χ0) is 94.9. The molecule has 141 heavy (non-hydrogen) atoms. The molecule has 4 fully saturated rings. The summed E-state index contributed by atoms with van der Waals surface area (Å²) < 4.78 is 5.81. The Morgan fingerprint density at radius 3 is 0.794 bits per heavy atom. The predicted octanol–water partition coefficient (Wildman–Crippen LogP) is 18.1. The Balaban J connectivity index is 0.0000000930. The summed E-state index contributed by atoms with van der Waals surface area (Å²) in [5.41, 5.74) is 53.0. The van der Waals surface area contributed by atoms with E-state index in [-0.39, 0.29) is 6.10 Å². The maximum atomic E-state index is 6.34. The molecule has 0 spiro atoms. The highest BCUT2D eigenvalue weighted by Crippen LogP contribution is 2.50. The molecule has 33 heteroatoms. The van der Waals surface area contributed by atoms with Gasteiger partial charge >= 0.3 is 0 Å². The molecule has 5 aromatic carbocycles. The lowest BCUT2D eigenvalue weighted by molar-refractivity contribution is 0.0533. The van der Waals surface area contributed by atoms with Crippen LogP contribution in [0.5, 0.6) is 0 Å². The largest absolute Gasteiger partial charge is 0.397 e. The van der Waals surface area contributed by atoms with E-state index in [4.69, 9.17) is 35.4 Å². The Bertz CT molecular complexity index is 7770. The number of nitrogens with zero attached hydrogens (tertiary/aromatic N) is 19. The van der Waals surface area contributed by atoms with E-state index in [1.807, 2.05) is 75.0 Å². The molecule has 4 saturated heterocycles. The van der Waals surface area contributed by atoms with Crippen LogP contribution in [0.2, 0.25) is 0 Å². The first kappa shape index (κ1) is 87.9. The minimum absolute atomic E-state index is 0.208. The van der Waals surface area contributed by atoms with Gasteiger partial charge in [-0.1, -0.05) is 0 Å². The van der Waals surface area contributed by atoms with Crippen molar-refractivity contribution in [1.29, 1.82) is 0 Å². The number of anilines is 5. The molecule has 0 amide bonds. The zero-order valence-electron chi connectivity index (χ0n) is 81.5. The van der Waals surface area contributed by atoms with Crippen LogP contribution in [0.3, 0.4) is 0 Å². The molecule has 15 aromatic heterocycles. The lowest BCUT2D eigenvalue weighted by atomic mass is 9.85. The van der Waals surface area contributed by atoms with Crippen LogP contribution in [-0.4, -0.2) is 217 Å². The molecule has 0 radical (unpaired) electrons. The molecule has 718 valence electrons. The number of hydrogen-bond donors (Lipinski definition) is 13. The van der Waals surface area contributed by atoms with E-state index in [0.717, 1.165) is 282 Å². The number of pyridine rings is 5. The van der Waals surface area contributed by atoms with Gasteiger partial charge < -0.3 is 40.7 Å². The second-order valence-electron chi connectivity index (χ2n) is 40.6. The minimum atomic E-state index is 0.208. The molecule has 19 heterocycles. The fourth-order valence-electron chi connectivity index (χ4n) is 24.5. The van der Waals surface area contributed by atoms with Crippen molar-refractivity contribution in [2.75, 3.05) is 97.4 Å². The lowest BCUT2D eigenvalue weighted by Crippen LogP contribution is -2.49. The van der Waals surface area contributed by atoms with Gasteiger partial charge in [-0.15, -0.1) is 0 Å². The van der Waals surface area contributed by atoms with Crippen molar-refractivity contribution in [1.82, 2.24) is 138 Å². The molecule has 9 aliphatic rings.